The number of rotatable bonds is 0. The molecule has 0 N–H and O–H groups in total. The minimum absolute atomic E-state index is 0.764. The maximum atomic E-state index is 4.60. The summed E-state index contributed by atoms with van der Waals surface area (Å²) < 4.78 is 4.60. The van der Waals surface area contributed by atoms with Gasteiger partial charge in [0, 0.05) is 0 Å². The Kier molecular flexibility index (Phi) is 5.60. The standard InChI is InChI=1S/C4H5NO.C2H6/c1-2-5-4-6-3-1;1-2/h1,3-4H,2H2;1-2H3. The Balaban J connectivity index is 0.000000222. The molecular weight excluding hydrogens is 102 g/mol. The van der Waals surface area contributed by atoms with Crippen molar-refractivity contribution in [3.63, 3.8) is 0 Å². The van der Waals surface area contributed by atoms with Crippen LogP contribution in [0.1, 0.15) is 13.8 Å². The fraction of sp³-hybridized carbons (Fsp3) is 0.500. The molecule has 0 aromatic carbocycles. The van der Waals surface area contributed by atoms with Crippen molar-refractivity contribution < 1.29 is 4.74 Å². The lowest BCUT2D eigenvalue weighted by Gasteiger charge is -1.91. The molecule has 0 fully saturated rings. The summed E-state index contributed by atoms with van der Waals surface area (Å²) in [6.07, 6.45) is 4.90. The van der Waals surface area contributed by atoms with Gasteiger partial charge in [-0.05, 0) is 6.08 Å². The van der Waals surface area contributed by atoms with Crippen molar-refractivity contribution in [3.05, 3.63) is 12.3 Å². The SMILES string of the molecule is C1=COC=NC1.CC. The van der Waals surface area contributed by atoms with Gasteiger partial charge in [0.15, 0.2) is 6.40 Å². The molecule has 0 amide bonds. The maximum absolute atomic E-state index is 4.60. The smallest absolute Gasteiger partial charge is 0.176 e. The van der Waals surface area contributed by atoms with E-state index in [0.717, 1.165) is 6.54 Å². The third-order valence-electron chi connectivity index (χ3n) is 0.521. The van der Waals surface area contributed by atoms with E-state index in [-0.39, 0.29) is 0 Å². The molecule has 1 rings (SSSR count). The van der Waals surface area contributed by atoms with Crippen molar-refractivity contribution in [1.29, 1.82) is 0 Å². The quantitative estimate of drug-likeness (QED) is 0.467. The second kappa shape index (κ2) is 6.21. The van der Waals surface area contributed by atoms with Gasteiger partial charge in [-0.2, -0.15) is 0 Å². The van der Waals surface area contributed by atoms with Crippen molar-refractivity contribution in [2.45, 2.75) is 13.8 Å². The molecule has 2 nitrogen and oxygen atoms in total. The van der Waals surface area contributed by atoms with E-state index in [1.165, 1.54) is 6.40 Å². The maximum Gasteiger partial charge on any atom is 0.176 e. The average Bonchev–Trinajstić information content (AvgIpc) is 1.96. The zero-order valence-electron chi connectivity index (χ0n) is 5.29. The van der Waals surface area contributed by atoms with Gasteiger partial charge in [-0.1, -0.05) is 13.8 Å². The molecule has 0 atom stereocenters. The number of ether oxygens (including phenoxy) is 1. The number of hydrogen-bond acceptors (Lipinski definition) is 2. The van der Waals surface area contributed by atoms with Crippen LogP contribution < -0.4 is 0 Å². The molecule has 0 aliphatic carbocycles. The number of hydrogen-bond donors (Lipinski definition) is 0. The largest absolute Gasteiger partial charge is 0.454 e. The second-order valence-electron chi connectivity index (χ2n) is 0.978. The van der Waals surface area contributed by atoms with Crippen LogP contribution in [0.5, 0.6) is 0 Å². The number of aliphatic imine (C=N–C) groups is 1. The highest BCUT2D eigenvalue weighted by Crippen LogP contribution is 1.81. The molecular formula is C6H11NO. The highest BCUT2D eigenvalue weighted by atomic mass is 16.5. The minimum Gasteiger partial charge on any atom is -0.454 e. The van der Waals surface area contributed by atoms with Crippen LogP contribution in [-0.4, -0.2) is 12.9 Å². The van der Waals surface area contributed by atoms with E-state index in [4.69, 9.17) is 0 Å². The molecule has 0 bridgehead atoms. The van der Waals surface area contributed by atoms with Crippen molar-refractivity contribution in [2.24, 2.45) is 4.99 Å². The van der Waals surface area contributed by atoms with E-state index in [1.54, 1.807) is 6.26 Å². The summed E-state index contributed by atoms with van der Waals surface area (Å²) in [6.45, 7) is 4.76. The van der Waals surface area contributed by atoms with Crippen LogP contribution in [0.15, 0.2) is 17.3 Å². The zero-order chi connectivity index (χ0) is 6.24. The van der Waals surface area contributed by atoms with E-state index in [9.17, 15) is 0 Å². The van der Waals surface area contributed by atoms with E-state index >= 15 is 0 Å². The molecule has 1 aliphatic heterocycles. The van der Waals surface area contributed by atoms with Gasteiger partial charge >= 0.3 is 0 Å². The molecule has 2 heteroatoms. The Morgan fingerprint density at radius 1 is 1.50 bits per heavy atom. The molecule has 0 saturated heterocycles. The second-order valence-corrected chi connectivity index (χ2v) is 0.978. The predicted molar refractivity (Wildman–Crippen MR) is 34.9 cm³/mol. The van der Waals surface area contributed by atoms with Gasteiger partial charge in [-0.25, -0.2) is 0 Å². The topological polar surface area (TPSA) is 21.6 Å². The Labute approximate surface area is 49.9 Å². The highest BCUT2D eigenvalue weighted by Gasteiger charge is 1.76. The van der Waals surface area contributed by atoms with Gasteiger partial charge < -0.3 is 4.74 Å². The van der Waals surface area contributed by atoms with Crippen LogP contribution in [0.4, 0.5) is 0 Å². The molecule has 0 saturated carbocycles. The van der Waals surface area contributed by atoms with Crippen molar-refractivity contribution >= 4 is 6.40 Å². The predicted octanol–water partition coefficient (Wildman–Crippen LogP) is 1.58. The molecule has 0 unspecified atom stereocenters. The summed E-state index contributed by atoms with van der Waals surface area (Å²) >= 11 is 0. The van der Waals surface area contributed by atoms with Crippen LogP contribution in [0.2, 0.25) is 0 Å². The van der Waals surface area contributed by atoms with Crippen molar-refractivity contribution in [2.75, 3.05) is 6.54 Å². The fourth-order valence-corrected chi connectivity index (χ4v) is 0.281. The molecule has 46 valence electrons. The Morgan fingerprint density at radius 3 is 2.38 bits per heavy atom. The van der Waals surface area contributed by atoms with Crippen molar-refractivity contribution in [1.82, 2.24) is 0 Å². The molecule has 8 heavy (non-hydrogen) atoms. The third-order valence-corrected chi connectivity index (χ3v) is 0.521. The first-order valence-electron chi connectivity index (χ1n) is 2.79. The lowest BCUT2D eigenvalue weighted by molar-refractivity contribution is 0.482. The number of nitrogens with zero attached hydrogens (tertiary/aromatic N) is 1. The summed E-state index contributed by atoms with van der Waals surface area (Å²) in [5, 5.41) is 0. The van der Waals surface area contributed by atoms with Crippen LogP contribution >= 0.6 is 0 Å². The summed E-state index contributed by atoms with van der Waals surface area (Å²) in [7, 11) is 0. The van der Waals surface area contributed by atoms with Gasteiger partial charge in [0.05, 0.1) is 12.8 Å². The summed E-state index contributed by atoms with van der Waals surface area (Å²) in [5.41, 5.74) is 0. The van der Waals surface area contributed by atoms with Crippen molar-refractivity contribution in [3.8, 4) is 0 Å². The summed E-state index contributed by atoms with van der Waals surface area (Å²) in [6, 6.07) is 0. The normalized spacial score (nSPS) is 13.8. The lowest BCUT2D eigenvalue weighted by Crippen LogP contribution is -1.84. The van der Waals surface area contributed by atoms with Crippen LogP contribution in [-0.2, 0) is 4.74 Å². The molecule has 1 heterocycles. The van der Waals surface area contributed by atoms with Gasteiger partial charge in [0.25, 0.3) is 0 Å². The first-order valence-corrected chi connectivity index (χ1v) is 2.79. The Morgan fingerprint density at radius 2 is 2.25 bits per heavy atom. The monoisotopic (exact) mass is 113 g/mol. The molecule has 0 aromatic heterocycles. The molecule has 0 spiro atoms. The third kappa shape index (κ3) is 3.40. The highest BCUT2D eigenvalue weighted by molar-refractivity contribution is 5.48. The van der Waals surface area contributed by atoms with Crippen LogP contribution in [0, 0.1) is 0 Å². The van der Waals surface area contributed by atoms with E-state index in [0.29, 0.717) is 0 Å². The van der Waals surface area contributed by atoms with Gasteiger partial charge in [-0.15, -0.1) is 0 Å². The first kappa shape index (κ1) is 7.21. The van der Waals surface area contributed by atoms with E-state index in [1.807, 2.05) is 19.9 Å². The zero-order valence-corrected chi connectivity index (χ0v) is 5.29. The fourth-order valence-electron chi connectivity index (χ4n) is 0.281. The first-order chi connectivity index (χ1) is 4.00. The van der Waals surface area contributed by atoms with E-state index < -0.39 is 0 Å². The van der Waals surface area contributed by atoms with Crippen LogP contribution in [0.25, 0.3) is 0 Å². The van der Waals surface area contributed by atoms with E-state index in [2.05, 4.69) is 9.73 Å². The minimum atomic E-state index is 0.764. The Hall–Kier alpha value is -0.790. The van der Waals surface area contributed by atoms with Gasteiger partial charge in [0.2, 0.25) is 0 Å². The average molecular weight is 113 g/mol. The van der Waals surface area contributed by atoms with Gasteiger partial charge in [0.1, 0.15) is 0 Å². The van der Waals surface area contributed by atoms with Crippen LogP contribution in [0.3, 0.4) is 0 Å². The van der Waals surface area contributed by atoms with Gasteiger partial charge in [-0.3, -0.25) is 4.99 Å². The lowest BCUT2D eigenvalue weighted by atomic mass is 10.6. The molecule has 1 aliphatic rings. The summed E-state index contributed by atoms with van der Waals surface area (Å²) in [5.74, 6) is 0. The Bertz CT molecular complexity index is 66.5. The molecule has 0 aromatic rings. The molecule has 0 radical (unpaired) electrons. The summed E-state index contributed by atoms with van der Waals surface area (Å²) in [4.78, 5) is 3.74.